The molecule has 0 atom stereocenters. The highest BCUT2D eigenvalue weighted by atomic mass is 79.9. The number of benzene rings is 1. The number of aromatic nitrogens is 4. The van der Waals surface area contributed by atoms with Crippen LogP contribution in [0, 0.1) is 6.92 Å². The molecule has 0 bridgehead atoms. The number of rotatable bonds is 6. The van der Waals surface area contributed by atoms with Crippen LogP contribution in [0.5, 0.6) is 0 Å². The Balaban J connectivity index is 1.70. The summed E-state index contributed by atoms with van der Waals surface area (Å²) >= 11 is 3.50. The zero-order valence-corrected chi connectivity index (χ0v) is 14.2. The molecule has 0 spiro atoms. The molecule has 2 aromatic heterocycles. The average molecular weight is 374 g/mol. The van der Waals surface area contributed by atoms with E-state index in [1.165, 1.54) is 5.56 Å². The van der Waals surface area contributed by atoms with E-state index < -0.39 is 0 Å². The third kappa shape index (κ3) is 3.50. The maximum atomic E-state index is 5.89. The molecule has 1 aromatic carbocycles. The number of aryl methyl sites for hydroxylation is 1. The largest absolute Gasteiger partial charge is 0.459 e. The quantitative estimate of drug-likeness (QED) is 0.665. The van der Waals surface area contributed by atoms with Crippen LogP contribution < -0.4 is 5.32 Å². The molecule has 3 rings (SSSR count). The number of anilines is 1. The van der Waals surface area contributed by atoms with Crippen molar-refractivity contribution >= 4 is 21.9 Å². The molecule has 0 aliphatic heterocycles. The van der Waals surface area contributed by atoms with Crippen LogP contribution >= 0.6 is 15.9 Å². The fourth-order valence-electron chi connectivity index (χ4n) is 2.17. The van der Waals surface area contributed by atoms with E-state index in [2.05, 4.69) is 56.3 Å². The fourth-order valence-corrected chi connectivity index (χ4v) is 2.42. The van der Waals surface area contributed by atoms with Gasteiger partial charge < -0.3 is 9.73 Å². The summed E-state index contributed by atoms with van der Waals surface area (Å²) in [6, 6.07) is 10.0. The van der Waals surface area contributed by atoms with E-state index in [0.717, 1.165) is 21.6 Å². The Hall–Kier alpha value is -2.41. The van der Waals surface area contributed by atoms with Crippen molar-refractivity contribution in [3.8, 4) is 11.3 Å². The summed E-state index contributed by atoms with van der Waals surface area (Å²) in [7, 11) is 0. The standard InChI is InChI=1S/C16H16BrN5O/c1-3-8-22-16(19-20-21-22)18-10-13-5-7-15(23-13)12-4-6-14(17)11(2)9-12/h3-7,9H,1,8,10H2,2H3,(H,18,19,21). The van der Waals surface area contributed by atoms with E-state index in [9.17, 15) is 0 Å². The summed E-state index contributed by atoms with van der Waals surface area (Å²) < 4.78 is 8.61. The summed E-state index contributed by atoms with van der Waals surface area (Å²) in [6.45, 7) is 6.79. The van der Waals surface area contributed by atoms with E-state index in [4.69, 9.17) is 4.42 Å². The molecule has 0 aliphatic carbocycles. The van der Waals surface area contributed by atoms with Gasteiger partial charge in [-0.05, 0) is 47.2 Å². The maximum Gasteiger partial charge on any atom is 0.243 e. The van der Waals surface area contributed by atoms with Gasteiger partial charge in [-0.25, -0.2) is 4.68 Å². The minimum Gasteiger partial charge on any atom is -0.459 e. The van der Waals surface area contributed by atoms with Crippen LogP contribution in [0.15, 0.2) is 51.9 Å². The lowest BCUT2D eigenvalue weighted by Gasteiger charge is -2.04. The second-order valence-electron chi connectivity index (χ2n) is 5.06. The predicted octanol–water partition coefficient (Wildman–Crippen LogP) is 3.80. The molecule has 2 heterocycles. The SMILES string of the molecule is C=CCn1nnnc1NCc1ccc(-c2ccc(Br)c(C)c2)o1. The van der Waals surface area contributed by atoms with Gasteiger partial charge in [-0.2, -0.15) is 0 Å². The van der Waals surface area contributed by atoms with Gasteiger partial charge in [0.1, 0.15) is 11.5 Å². The van der Waals surface area contributed by atoms with Crippen LogP contribution in [0.3, 0.4) is 0 Å². The lowest BCUT2D eigenvalue weighted by Crippen LogP contribution is -2.07. The molecule has 0 radical (unpaired) electrons. The first-order valence-electron chi connectivity index (χ1n) is 7.13. The van der Waals surface area contributed by atoms with Gasteiger partial charge in [0.05, 0.1) is 13.1 Å². The van der Waals surface area contributed by atoms with Crippen LogP contribution in [-0.2, 0) is 13.1 Å². The van der Waals surface area contributed by atoms with Crippen molar-refractivity contribution in [3.05, 3.63) is 58.8 Å². The van der Waals surface area contributed by atoms with Gasteiger partial charge >= 0.3 is 0 Å². The van der Waals surface area contributed by atoms with E-state index in [1.807, 2.05) is 24.3 Å². The Morgan fingerprint density at radius 1 is 1.35 bits per heavy atom. The van der Waals surface area contributed by atoms with Crippen molar-refractivity contribution in [1.82, 2.24) is 20.2 Å². The van der Waals surface area contributed by atoms with Crippen molar-refractivity contribution < 1.29 is 4.42 Å². The molecule has 7 heteroatoms. The first-order valence-corrected chi connectivity index (χ1v) is 7.93. The minimum atomic E-state index is 0.507. The lowest BCUT2D eigenvalue weighted by atomic mass is 10.1. The van der Waals surface area contributed by atoms with Crippen molar-refractivity contribution in [2.45, 2.75) is 20.0 Å². The van der Waals surface area contributed by atoms with Gasteiger partial charge in [0, 0.05) is 10.0 Å². The van der Waals surface area contributed by atoms with Gasteiger partial charge in [0.25, 0.3) is 0 Å². The van der Waals surface area contributed by atoms with Gasteiger partial charge in [0.2, 0.25) is 5.95 Å². The molecule has 118 valence electrons. The fraction of sp³-hybridized carbons (Fsp3) is 0.188. The molecule has 23 heavy (non-hydrogen) atoms. The lowest BCUT2D eigenvalue weighted by molar-refractivity contribution is 0.529. The topological polar surface area (TPSA) is 68.8 Å². The molecule has 3 aromatic rings. The van der Waals surface area contributed by atoms with Gasteiger partial charge in [-0.15, -0.1) is 6.58 Å². The van der Waals surface area contributed by atoms with Gasteiger partial charge in [-0.1, -0.05) is 33.2 Å². The third-order valence-corrected chi connectivity index (χ3v) is 4.25. The van der Waals surface area contributed by atoms with Crippen molar-refractivity contribution in [2.75, 3.05) is 5.32 Å². The molecule has 0 unspecified atom stereocenters. The molecule has 0 saturated carbocycles. The number of nitrogens with one attached hydrogen (secondary N) is 1. The van der Waals surface area contributed by atoms with Crippen molar-refractivity contribution in [1.29, 1.82) is 0 Å². The Labute approximate surface area is 142 Å². The van der Waals surface area contributed by atoms with E-state index in [0.29, 0.717) is 19.0 Å². The number of halogens is 1. The molecule has 1 N–H and O–H groups in total. The molecule has 0 amide bonds. The second-order valence-corrected chi connectivity index (χ2v) is 5.91. The molecule has 6 nitrogen and oxygen atoms in total. The molecular weight excluding hydrogens is 358 g/mol. The molecule has 0 saturated heterocycles. The minimum absolute atomic E-state index is 0.507. The number of furan rings is 1. The average Bonchev–Trinajstić information content (AvgIpc) is 3.18. The first-order chi connectivity index (χ1) is 11.2. The normalized spacial score (nSPS) is 10.7. The van der Waals surface area contributed by atoms with E-state index in [-0.39, 0.29) is 0 Å². The Morgan fingerprint density at radius 2 is 2.22 bits per heavy atom. The first kappa shape index (κ1) is 15.5. The molecule has 0 fully saturated rings. The summed E-state index contributed by atoms with van der Waals surface area (Å²) in [5.74, 6) is 2.24. The van der Waals surface area contributed by atoms with Crippen LogP contribution in [-0.4, -0.2) is 20.2 Å². The van der Waals surface area contributed by atoms with E-state index in [1.54, 1.807) is 10.8 Å². The smallest absolute Gasteiger partial charge is 0.243 e. The number of nitrogens with zero attached hydrogens (tertiary/aromatic N) is 4. The monoisotopic (exact) mass is 373 g/mol. The summed E-state index contributed by atoms with van der Waals surface area (Å²) in [5, 5.41) is 14.6. The Kier molecular flexibility index (Phi) is 4.57. The van der Waals surface area contributed by atoms with Crippen LogP contribution in [0.25, 0.3) is 11.3 Å². The Bertz CT molecular complexity index is 823. The zero-order valence-electron chi connectivity index (χ0n) is 12.7. The summed E-state index contributed by atoms with van der Waals surface area (Å²) in [4.78, 5) is 0. The predicted molar refractivity (Wildman–Crippen MR) is 91.9 cm³/mol. The van der Waals surface area contributed by atoms with Crippen molar-refractivity contribution in [3.63, 3.8) is 0 Å². The van der Waals surface area contributed by atoms with Crippen LogP contribution in [0.1, 0.15) is 11.3 Å². The number of allylic oxidation sites excluding steroid dienone is 1. The number of hydrogen-bond acceptors (Lipinski definition) is 5. The Morgan fingerprint density at radius 3 is 3.00 bits per heavy atom. The van der Waals surface area contributed by atoms with Crippen LogP contribution in [0.2, 0.25) is 0 Å². The molecular formula is C16H16BrN5O. The van der Waals surface area contributed by atoms with Crippen molar-refractivity contribution in [2.24, 2.45) is 0 Å². The van der Waals surface area contributed by atoms with Crippen LogP contribution in [0.4, 0.5) is 5.95 Å². The highest BCUT2D eigenvalue weighted by molar-refractivity contribution is 9.10. The third-order valence-electron chi connectivity index (χ3n) is 3.36. The highest BCUT2D eigenvalue weighted by Gasteiger charge is 2.08. The number of tetrazole rings is 1. The molecule has 0 aliphatic rings. The van der Waals surface area contributed by atoms with E-state index >= 15 is 0 Å². The number of hydrogen-bond donors (Lipinski definition) is 1. The van der Waals surface area contributed by atoms with Gasteiger partial charge in [0.15, 0.2) is 0 Å². The second kappa shape index (κ2) is 6.78. The van der Waals surface area contributed by atoms with Gasteiger partial charge in [-0.3, -0.25) is 0 Å². The summed E-state index contributed by atoms with van der Waals surface area (Å²) in [5.41, 5.74) is 2.22. The zero-order chi connectivity index (χ0) is 16.2. The maximum absolute atomic E-state index is 5.89. The summed E-state index contributed by atoms with van der Waals surface area (Å²) in [6.07, 6.45) is 1.74. The highest BCUT2D eigenvalue weighted by Crippen LogP contribution is 2.26.